The van der Waals surface area contributed by atoms with E-state index in [9.17, 15) is 13.2 Å². The van der Waals surface area contributed by atoms with E-state index in [2.05, 4.69) is 9.46 Å². The standard InChI is InChI=1S/C8H19N3O4S/c1-4-15-7(12)11-16(13,14)10-6-8(2,3)5-9/h10H,4-6,9H2,1-3H3,(H,11,12). The third-order valence-electron chi connectivity index (χ3n) is 1.79. The number of carbonyl (C=O) groups excluding carboxylic acids is 1. The van der Waals surface area contributed by atoms with E-state index in [-0.39, 0.29) is 18.6 Å². The molecule has 0 radical (unpaired) electrons. The molecule has 4 N–H and O–H groups in total. The fraction of sp³-hybridized carbons (Fsp3) is 0.875. The van der Waals surface area contributed by atoms with Crippen LogP contribution in [0.1, 0.15) is 20.8 Å². The zero-order valence-electron chi connectivity index (χ0n) is 9.74. The van der Waals surface area contributed by atoms with Crippen molar-refractivity contribution in [2.45, 2.75) is 20.8 Å². The zero-order chi connectivity index (χ0) is 12.8. The highest BCUT2D eigenvalue weighted by molar-refractivity contribution is 7.88. The van der Waals surface area contributed by atoms with Crippen LogP contribution in [0.3, 0.4) is 0 Å². The first kappa shape index (κ1) is 15.1. The first-order valence-electron chi connectivity index (χ1n) is 4.86. The van der Waals surface area contributed by atoms with Crippen LogP contribution in [0, 0.1) is 5.41 Å². The van der Waals surface area contributed by atoms with Gasteiger partial charge in [0, 0.05) is 6.54 Å². The predicted molar refractivity (Wildman–Crippen MR) is 59.9 cm³/mol. The highest BCUT2D eigenvalue weighted by Crippen LogP contribution is 2.10. The van der Waals surface area contributed by atoms with Gasteiger partial charge in [-0.15, -0.1) is 0 Å². The maximum atomic E-state index is 11.3. The third kappa shape index (κ3) is 6.59. The molecule has 0 aromatic carbocycles. The van der Waals surface area contributed by atoms with Gasteiger partial charge in [-0.25, -0.2) is 9.52 Å². The molecule has 16 heavy (non-hydrogen) atoms. The molecule has 0 unspecified atom stereocenters. The van der Waals surface area contributed by atoms with Crippen molar-refractivity contribution in [1.29, 1.82) is 0 Å². The van der Waals surface area contributed by atoms with Crippen molar-refractivity contribution in [3.05, 3.63) is 0 Å². The van der Waals surface area contributed by atoms with E-state index < -0.39 is 16.3 Å². The smallest absolute Gasteiger partial charge is 0.421 e. The number of hydrogen-bond acceptors (Lipinski definition) is 5. The number of hydrogen-bond donors (Lipinski definition) is 3. The molecular weight excluding hydrogens is 234 g/mol. The van der Waals surface area contributed by atoms with Crippen LogP contribution in [0.5, 0.6) is 0 Å². The fourth-order valence-electron chi connectivity index (χ4n) is 0.669. The molecule has 0 fully saturated rings. The predicted octanol–water partition coefficient (Wildman–Crippen LogP) is -0.448. The Morgan fingerprint density at radius 3 is 2.44 bits per heavy atom. The monoisotopic (exact) mass is 253 g/mol. The zero-order valence-corrected chi connectivity index (χ0v) is 10.6. The molecule has 1 amide bonds. The summed E-state index contributed by atoms with van der Waals surface area (Å²) in [5.74, 6) is 0. The van der Waals surface area contributed by atoms with Crippen LogP contribution in [0.25, 0.3) is 0 Å². The second-order valence-electron chi connectivity index (χ2n) is 4.02. The van der Waals surface area contributed by atoms with Crippen LogP contribution in [0.15, 0.2) is 0 Å². The second-order valence-corrected chi connectivity index (χ2v) is 5.52. The summed E-state index contributed by atoms with van der Waals surface area (Å²) in [5, 5.41) is 0. The lowest BCUT2D eigenvalue weighted by Gasteiger charge is -2.22. The Bertz CT molecular complexity index is 326. The van der Waals surface area contributed by atoms with Crippen molar-refractivity contribution in [3.63, 3.8) is 0 Å². The van der Waals surface area contributed by atoms with Crippen molar-refractivity contribution in [1.82, 2.24) is 9.44 Å². The summed E-state index contributed by atoms with van der Waals surface area (Å²) in [5.41, 5.74) is 5.07. The summed E-state index contributed by atoms with van der Waals surface area (Å²) in [6, 6.07) is 0. The summed E-state index contributed by atoms with van der Waals surface area (Å²) < 4.78 is 31.0. The molecule has 0 aliphatic heterocycles. The Kier molecular flexibility index (Phi) is 5.70. The molecule has 96 valence electrons. The quantitative estimate of drug-likeness (QED) is 0.594. The van der Waals surface area contributed by atoms with Crippen LogP contribution in [-0.2, 0) is 14.9 Å². The van der Waals surface area contributed by atoms with Crippen molar-refractivity contribution in [2.24, 2.45) is 11.1 Å². The van der Waals surface area contributed by atoms with E-state index in [1.54, 1.807) is 25.5 Å². The molecule has 0 bridgehead atoms. The lowest BCUT2D eigenvalue weighted by atomic mass is 9.95. The van der Waals surface area contributed by atoms with Gasteiger partial charge in [0.1, 0.15) is 0 Å². The van der Waals surface area contributed by atoms with E-state index in [4.69, 9.17) is 5.73 Å². The van der Waals surface area contributed by atoms with Crippen molar-refractivity contribution in [2.75, 3.05) is 19.7 Å². The Labute approximate surface area is 95.9 Å². The average Bonchev–Trinajstić information content (AvgIpc) is 2.15. The topological polar surface area (TPSA) is 111 Å². The molecule has 0 aromatic rings. The highest BCUT2D eigenvalue weighted by atomic mass is 32.2. The molecule has 0 aliphatic rings. The normalized spacial score (nSPS) is 12.2. The molecule has 8 heteroatoms. The largest absolute Gasteiger partial charge is 0.449 e. The van der Waals surface area contributed by atoms with E-state index in [1.165, 1.54) is 0 Å². The van der Waals surface area contributed by atoms with Crippen LogP contribution in [0.2, 0.25) is 0 Å². The fourth-order valence-corrected chi connectivity index (χ4v) is 1.60. The van der Waals surface area contributed by atoms with Crippen molar-refractivity contribution in [3.8, 4) is 0 Å². The lowest BCUT2D eigenvalue weighted by Crippen LogP contribution is -2.45. The summed E-state index contributed by atoms with van der Waals surface area (Å²) in [6.07, 6.45) is -0.999. The molecule has 0 saturated carbocycles. The average molecular weight is 253 g/mol. The SMILES string of the molecule is CCOC(=O)NS(=O)(=O)NCC(C)(C)CN. The molecule has 0 heterocycles. The van der Waals surface area contributed by atoms with Gasteiger partial charge in [-0.2, -0.15) is 13.1 Å². The number of nitrogens with two attached hydrogens (primary N) is 1. The molecule has 7 nitrogen and oxygen atoms in total. The first-order chi connectivity index (χ1) is 7.22. The molecule has 0 atom stereocenters. The second kappa shape index (κ2) is 6.02. The molecule has 0 aromatic heterocycles. The Morgan fingerprint density at radius 2 is 2.00 bits per heavy atom. The number of amides is 1. The molecule has 0 aliphatic carbocycles. The minimum Gasteiger partial charge on any atom is -0.449 e. The number of ether oxygens (including phenoxy) is 1. The van der Waals surface area contributed by atoms with Gasteiger partial charge in [0.25, 0.3) is 0 Å². The number of rotatable bonds is 6. The minimum absolute atomic E-state index is 0.107. The molecule has 0 rings (SSSR count). The van der Waals surface area contributed by atoms with Crippen molar-refractivity contribution >= 4 is 16.3 Å². The third-order valence-corrected chi connectivity index (χ3v) is 2.75. The number of nitrogens with one attached hydrogen (secondary N) is 2. The Hall–Kier alpha value is -0.860. The summed E-state index contributed by atoms with van der Waals surface area (Å²) in [6.45, 7) is 5.76. The van der Waals surface area contributed by atoms with Gasteiger partial charge in [0.05, 0.1) is 6.61 Å². The number of carbonyl (C=O) groups is 1. The highest BCUT2D eigenvalue weighted by Gasteiger charge is 2.21. The van der Waals surface area contributed by atoms with Crippen LogP contribution in [-0.4, -0.2) is 34.2 Å². The minimum atomic E-state index is -3.88. The maximum absolute atomic E-state index is 11.3. The first-order valence-corrected chi connectivity index (χ1v) is 6.35. The van der Waals surface area contributed by atoms with Gasteiger partial charge < -0.3 is 10.5 Å². The van der Waals surface area contributed by atoms with Crippen LogP contribution in [0.4, 0.5) is 4.79 Å². The lowest BCUT2D eigenvalue weighted by molar-refractivity contribution is 0.158. The molecule has 0 spiro atoms. The Morgan fingerprint density at radius 1 is 1.44 bits per heavy atom. The summed E-state index contributed by atoms with van der Waals surface area (Å²) >= 11 is 0. The van der Waals surface area contributed by atoms with Crippen LogP contribution < -0.4 is 15.2 Å². The van der Waals surface area contributed by atoms with Gasteiger partial charge in [-0.05, 0) is 18.9 Å². The van der Waals surface area contributed by atoms with Gasteiger partial charge in [0.15, 0.2) is 0 Å². The van der Waals surface area contributed by atoms with E-state index in [0.717, 1.165) is 0 Å². The molecule has 0 saturated heterocycles. The van der Waals surface area contributed by atoms with Crippen molar-refractivity contribution < 1.29 is 17.9 Å². The van der Waals surface area contributed by atoms with Gasteiger partial charge in [0.2, 0.25) is 0 Å². The van der Waals surface area contributed by atoms with E-state index >= 15 is 0 Å². The van der Waals surface area contributed by atoms with Gasteiger partial charge in [-0.1, -0.05) is 13.8 Å². The molecular formula is C8H19N3O4S. The van der Waals surface area contributed by atoms with Gasteiger partial charge in [-0.3, -0.25) is 0 Å². The Balaban J connectivity index is 4.21. The van der Waals surface area contributed by atoms with Gasteiger partial charge >= 0.3 is 16.3 Å². The van der Waals surface area contributed by atoms with Crippen LogP contribution >= 0.6 is 0 Å². The maximum Gasteiger partial charge on any atom is 0.421 e. The van der Waals surface area contributed by atoms with E-state index in [1.807, 2.05) is 0 Å². The summed E-state index contributed by atoms with van der Waals surface area (Å²) in [7, 11) is -3.88. The van der Waals surface area contributed by atoms with E-state index in [0.29, 0.717) is 6.54 Å². The summed E-state index contributed by atoms with van der Waals surface area (Å²) in [4.78, 5) is 10.9.